The fourth-order valence-electron chi connectivity index (χ4n) is 1.20. The zero-order chi connectivity index (χ0) is 9.14. The Balaban J connectivity index is 2.94. The van der Waals surface area contributed by atoms with E-state index in [9.17, 15) is 0 Å². The van der Waals surface area contributed by atoms with E-state index in [1.807, 2.05) is 18.2 Å². The average molecular weight is 183 g/mol. The maximum Gasteiger partial charge on any atom is 0.0440 e. The van der Waals surface area contributed by atoms with Crippen LogP contribution in [-0.4, -0.2) is 0 Å². The highest BCUT2D eigenvalue weighted by Crippen LogP contribution is 2.29. The second kappa shape index (κ2) is 3.95. The topological polar surface area (TPSA) is 0 Å². The van der Waals surface area contributed by atoms with Gasteiger partial charge in [0.2, 0.25) is 0 Å². The molecule has 0 saturated heterocycles. The molecule has 0 amide bonds. The first kappa shape index (κ1) is 9.60. The average Bonchev–Trinajstić information content (AvgIpc) is 2.04. The van der Waals surface area contributed by atoms with Gasteiger partial charge in [0.05, 0.1) is 0 Å². The molecule has 1 unspecified atom stereocenters. The fraction of sp³-hybridized carbons (Fsp3) is 0.455. The molecule has 0 aliphatic heterocycles. The number of hydrogen-bond donors (Lipinski definition) is 0. The van der Waals surface area contributed by atoms with Crippen molar-refractivity contribution in [2.75, 3.05) is 0 Å². The molecule has 12 heavy (non-hydrogen) atoms. The first-order valence-corrected chi connectivity index (χ1v) is 4.75. The Morgan fingerprint density at radius 3 is 2.17 bits per heavy atom. The van der Waals surface area contributed by atoms with Crippen LogP contribution in [0.2, 0.25) is 5.02 Å². The first-order chi connectivity index (χ1) is 5.63. The molecule has 1 aromatic rings. The number of hydrogen-bond acceptors (Lipinski definition) is 0. The summed E-state index contributed by atoms with van der Waals surface area (Å²) in [5.41, 5.74) is 1.26. The Labute approximate surface area is 79.6 Å². The van der Waals surface area contributed by atoms with Crippen LogP contribution in [0.1, 0.15) is 32.3 Å². The van der Waals surface area contributed by atoms with E-state index in [1.165, 1.54) is 5.56 Å². The van der Waals surface area contributed by atoms with Crippen LogP contribution >= 0.6 is 11.6 Å². The fourth-order valence-corrected chi connectivity index (χ4v) is 1.51. The van der Waals surface area contributed by atoms with Gasteiger partial charge in [-0.1, -0.05) is 50.6 Å². The minimum Gasteiger partial charge on any atom is -0.0840 e. The third-order valence-corrected chi connectivity index (χ3v) is 2.74. The van der Waals surface area contributed by atoms with Crippen molar-refractivity contribution in [1.82, 2.24) is 0 Å². The molecular formula is C11H15Cl. The molecule has 1 atom stereocenters. The molecule has 1 rings (SSSR count). The molecule has 0 radical (unpaired) electrons. The molecular weight excluding hydrogens is 168 g/mol. The summed E-state index contributed by atoms with van der Waals surface area (Å²) >= 11 is 6.06. The summed E-state index contributed by atoms with van der Waals surface area (Å²) in [6.07, 6.45) is 0. The number of rotatable bonds is 2. The predicted molar refractivity (Wildman–Crippen MR) is 54.7 cm³/mol. The third-order valence-electron chi connectivity index (χ3n) is 2.40. The van der Waals surface area contributed by atoms with Gasteiger partial charge in [0, 0.05) is 5.02 Å². The Morgan fingerprint density at radius 2 is 1.67 bits per heavy atom. The summed E-state index contributed by atoms with van der Waals surface area (Å²) in [6.45, 7) is 6.65. The minimum atomic E-state index is 0.540. The molecule has 0 aliphatic rings. The van der Waals surface area contributed by atoms with Crippen molar-refractivity contribution >= 4 is 11.6 Å². The molecule has 0 bridgehead atoms. The van der Waals surface area contributed by atoms with Crippen molar-refractivity contribution in [3.8, 4) is 0 Å². The van der Waals surface area contributed by atoms with Crippen LogP contribution < -0.4 is 0 Å². The first-order valence-electron chi connectivity index (χ1n) is 4.37. The van der Waals surface area contributed by atoms with E-state index >= 15 is 0 Å². The molecule has 0 heterocycles. The summed E-state index contributed by atoms with van der Waals surface area (Å²) in [7, 11) is 0. The van der Waals surface area contributed by atoms with Gasteiger partial charge in [-0.15, -0.1) is 0 Å². The summed E-state index contributed by atoms with van der Waals surface area (Å²) in [5.74, 6) is 1.18. The predicted octanol–water partition coefficient (Wildman–Crippen LogP) is 4.10. The molecule has 0 nitrogen and oxygen atoms in total. The van der Waals surface area contributed by atoms with Gasteiger partial charge in [-0.25, -0.2) is 0 Å². The van der Waals surface area contributed by atoms with Crippen LogP contribution in [0.3, 0.4) is 0 Å². The van der Waals surface area contributed by atoms with Gasteiger partial charge in [-0.05, 0) is 23.5 Å². The summed E-state index contributed by atoms with van der Waals surface area (Å²) < 4.78 is 0. The van der Waals surface area contributed by atoms with E-state index in [0.29, 0.717) is 11.8 Å². The smallest absolute Gasteiger partial charge is 0.0440 e. The highest BCUT2D eigenvalue weighted by Gasteiger charge is 2.11. The number of halogens is 1. The SMILES string of the molecule is CC(C)C(C)c1ccccc1Cl. The van der Waals surface area contributed by atoms with E-state index in [0.717, 1.165) is 5.02 Å². The van der Waals surface area contributed by atoms with Crippen molar-refractivity contribution in [1.29, 1.82) is 0 Å². The summed E-state index contributed by atoms with van der Waals surface area (Å²) in [6, 6.07) is 8.07. The molecule has 0 aromatic heterocycles. The molecule has 0 N–H and O–H groups in total. The van der Waals surface area contributed by atoms with Crippen molar-refractivity contribution in [3.05, 3.63) is 34.9 Å². The minimum absolute atomic E-state index is 0.540. The normalized spacial score (nSPS) is 13.4. The molecule has 1 aromatic carbocycles. The van der Waals surface area contributed by atoms with Gasteiger partial charge < -0.3 is 0 Å². The zero-order valence-corrected chi connectivity index (χ0v) is 8.60. The van der Waals surface area contributed by atoms with Crippen LogP contribution in [-0.2, 0) is 0 Å². The lowest BCUT2D eigenvalue weighted by Crippen LogP contribution is -2.02. The molecule has 0 spiro atoms. The molecule has 0 saturated carbocycles. The Hall–Kier alpha value is -0.490. The second-order valence-electron chi connectivity index (χ2n) is 3.55. The van der Waals surface area contributed by atoms with Crippen LogP contribution in [0.5, 0.6) is 0 Å². The Kier molecular flexibility index (Phi) is 3.16. The maximum atomic E-state index is 6.06. The van der Waals surface area contributed by atoms with Gasteiger partial charge >= 0.3 is 0 Å². The summed E-state index contributed by atoms with van der Waals surface area (Å²) in [5, 5.41) is 0.888. The zero-order valence-electron chi connectivity index (χ0n) is 7.84. The van der Waals surface area contributed by atoms with E-state index < -0.39 is 0 Å². The van der Waals surface area contributed by atoms with Crippen LogP contribution in [0.4, 0.5) is 0 Å². The van der Waals surface area contributed by atoms with E-state index in [4.69, 9.17) is 11.6 Å². The maximum absolute atomic E-state index is 6.06. The van der Waals surface area contributed by atoms with Gasteiger partial charge in [0.1, 0.15) is 0 Å². The lowest BCUT2D eigenvalue weighted by Gasteiger charge is -2.16. The monoisotopic (exact) mass is 182 g/mol. The largest absolute Gasteiger partial charge is 0.0840 e. The molecule has 0 aliphatic carbocycles. The van der Waals surface area contributed by atoms with Crippen molar-refractivity contribution in [2.24, 2.45) is 5.92 Å². The highest BCUT2D eigenvalue weighted by atomic mass is 35.5. The van der Waals surface area contributed by atoms with Gasteiger partial charge in [-0.3, -0.25) is 0 Å². The molecule has 0 fully saturated rings. The van der Waals surface area contributed by atoms with E-state index in [2.05, 4.69) is 26.8 Å². The van der Waals surface area contributed by atoms with Crippen molar-refractivity contribution < 1.29 is 0 Å². The summed E-state index contributed by atoms with van der Waals surface area (Å²) in [4.78, 5) is 0. The Morgan fingerprint density at radius 1 is 1.08 bits per heavy atom. The Bertz CT molecular complexity index is 253. The highest BCUT2D eigenvalue weighted by molar-refractivity contribution is 6.31. The quantitative estimate of drug-likeness (QED) is 0.646. The third kappa shape index (κ3) is 2.01. The van der Waals surface area contributed by atoms with Gasteiger partial charge in [0.25, 0.3) is 0 Å². The molecule has 1 heteroatoms. The van der Waals surface area contributed by atoms with Crippen LogP contribution in [0.25, 0.3) is 0 Å². The van der Waals surface area contributed by atoms with Crippen molar-refractivity contribution in [2.45, 2.75) is 26.7 Å². The lowest BCUT2D eigenvalue weighted by molar-refractivity contribution is 0.535. The lowest BCUT2D eigenvalue weighted by atomic mass is 9.90. The van der Waals surface area contributed by atoms with Crippen LogP contribution in [0, 0.1) is 5.92 Å². The van der Waals surface area contributed by atoms with E-state index in [1.54, 1.807) is 0 Å². The van der Waals surface area contributed by atoms with Crippen molar-refractivity contribution in [3.63, 3.8) is 0 Å². The van der Waals surface area contributed by atoms with Gasteiger partial charge in [0.15, 0.2) is 0 Å². The standard InChI is InChI=1S/C11H15Cl/c1-8(2)9(3)10-6-4-5-7-11(10)12/h4-9H,1-3H3. The number of benzene rings is 1. The van der Waals surface area contributed by atoms with Crippen LogP contribution in [0.15, 0.2) is 24.3 Å². The van der Waals surface area contributed by atoms with E-state index in [-0.39, 0.29) is 0 Å². The second-order valence-corrected chi connectivity index (χ2v) is 3.96. The molecule has 66 valence electrons. The van der Waals surface area contributed by atoms with Gasteiger partial charge in [-0.2, -0.15) is 0 Å².